The highest BCUT2D eigenvalue weighted by atomic mass is 32.2. The molecule has 1 unspecified atom stereocenters. The summed E-state index contributed by atoms with van der Waals surface area (Å²) >= 11 is 1.62. The number of benzene rings is 2. The average Bonchev–Trinajstić information content (AvgIpc) is 2.60. The van der Waals surface area contributed by atoms with E-state index in [1.807, 2.05) is 6.07 Å². The Balaban J connectivity index is 1.76. The van der Waals surface area contributed by atoms with Crippen molar-refractivity contribution in [3.63, 3.8) is 0 Å². The molecular weight excluding hydrogens is 344 g/mol. The van der Waals surface area contributed by atoms with Crippen LogP contribution in [0.2, 0.25) is 0 Å². The van der Waals surface area contributed by atoms with Gasteiger partial charge in [-0.25, -0.2) is 4.79 Å². The van der Waals surface area contributed by atoms with Gasteiger partial charge in [-0.3, -0.25) is 4.99 Å². The zero-order valence-corrected chi connectivity index (χ0v) is 15.8. The van der Waals surface area contributed by atoms with Crippen LogP contribution in [0.3, 0.4) is 0 Å². The monoisotopic (exact) mass is 366 g/mol. The summed E-state index contributed by atoms with van der Waals surface area (Å²) in [5.41, 5.74) is 3.23. The molecule has 2 aromatic rings. The number of carbonyl (C=O) groups is 1. The van der Waals surface area contributed by atoms with Gasteiger partial charge in [0.25, 0.3) is 0 Å². The molecule has 0 aromatic heterocycles. The average molecular weight is 366 g/mol. The minimum Gasteiger partial charge on any atom is -0.480 e. The molecule has 5 heteroatoms. The Kier molecular flexibility index (Phi) is 4.27. The fraction of sp³-hybridized carbons (Fsp3) is 0.333. The second kappa shape index (κ2) is 6.47. The van der Waals surface area contributed by atoms with Gasteiger partial charge < -0.3 is 10.4 Å². The highest BCUT2D eigenvalue weighted by Crippen LogP contribution is 2.44. The van der Waals surface area contributed by atoms with Crippen LogP contribution in [0.4, 0.5) is 5.69 Å². The van der Waals surface area contributed by atoms with E-state index in [1.54, 1.807) is 11.8 Å². The van der Waals surface area contributed by atoms with Gasteiger partial charge in [0.05, 0.1) is 5.71 Å². The minimum atomic E-state index is -0.837. The standard InChI is InChI=1S/C21H22N2O2S/c1-21(2)10-16(19-17(11-21)23-18(12-26-19)20(24)25)22-15-9-5-7-13-6-3-4-8-14(13)15/h3-9,18,22H,10-12H2,1-2H3,(H,24,25). The Hall–Kier alpha value is -2.27. The molecule has 0 saturated heterocycles. The summed E-state index contributed by atoms with van der Waals surface area (Å²) in [5.74, 6) is -0.342. The molecule has 0 amide bonds. The van der Waals surface area contributed by atoms with E-state index in [-0.39, 0.29) is 5.41 Å². The molecule has 0 spiro atoms. The topological polar surface area (TPSA) is 61.7 Å². The Morgan fingerprint density at radius 2 is 1.96 bits per heavy atom. The van der Waals surface area contributed by atoms with Gasteiger partial charge in [-0.1, -0.05) is 50.2 Å². The van der Waals surface area contributed by atoms with Crippen molar-refractivity contribution in [2.24, 2.45) is 10.4 Å². The molecule has 26 heavy (non-hydrogen) atoms. The third kappa shape index (κ3) is 3.23. The van der Waals surface area contributed by atoms with Crippen molar-refractivity contribution in [1.82, 2.24) is 0 Å². The zero-order valence-electron chi connectivity index (χ0n) is 15.0. The summed E-state index contributed by atoms with van der Waals surface area (Å²) < 4.78 is 0. The van der Waals surface area contributed by atoms with Crippen molar-refractivity contribution in [2.75, 3.05) is 11.1 Å². The number of carboxylic acid groups (broad SMARTS) is 1. The van der Waals surface area contributed by atoms with Gasteiger partial charge in [0, 0.05) is 27.4 Å². The number of nitrogens with one attached hydrogen (secondary N) is 1. The summed E-state index contributed by atoms with van der Waals surface area (Å²) in [6, 6.07) is 14.0. The van der Waals surface area contributed by atoms with Crippen LogP contribution in [-0.2, 0) is 4.79 Å². The molecule has 2 N–H and O–H groups in total. The molecule has 4 rings (SSSR count). The van der Waals surface area contributed by atoms with Crippen molar-refractivity contribution in [3.8, 4) is 0 Å². The van der Waals surface area contributed by atoms with E-state index in [1.165, 1.54) is 10.8 Å². The lowest BCUT2D eigenvalue weighted by molar-refractivity contribution is -0.137. The molecule has 0 saturated carbocycles. The molecule has 2 aliphatic rings. The predicted octanol–water partition coefficient (Wildman–Crippen LogP) is 4.92. The number of aliphatic imine (C=N–C) groups is 1. The third-order valence-electron chi connectivity index (χ3n) is 4.89. The number of anilines is 1. The highest BCUT2D eigenvalue weighted by molar-refractivity contribution is 8.04. The van der Waals surface area contributed by atoms with Gasteiger partial charge >= 0.3 is 5.97 Å². The van der Waals surface area contributed by atoms with Crippen molar-refractivity contribution < 1.29 is 9.90 Å². The molecule has 2 aromatic carbocycles. The van der Waals surface area contributed by atoms with Gasteiger partial charge in [-0.15, -0.1) is 11.8 Å². The first-order chi connectivity index (χ1) is 12.4. The fourth-order valence-corrected chi connectivity index (χ4v) is 4.85. The molecule has 0 bridgehead atoms. The predicted molar refractivity (Wildman–Crippen MR) is 109 cm³/mol. The Morgan fingerprint density at radius 3 is 2.77 bits per heavy atom. The molecule has 1 atom stereocenters. The summed E-state index contributed by atoms with van der Waals surface area (Å²) in [5, 5.41) is 15.4. The largest absolute Gasteiger partial charge is 0.480 e. The van der Waals surface area contributed by atoms with Gasteiger partial charge in [0.1, 0.15) is 0 Å². The maximum absolute atomic E-state index is 11.4. The van der Waals surface area contributed by atoms with Crippen LogP contribution >= 0.6 is 11.8 Å². The summed E-state index contributed by atoms with van der Waals surface area (Å²) in [4.78, 5) is 17.0. The van der Waals surface area contributed by atoms with Gasteiger partial charge in [-0.2, -0.15) is 0 Å². The second-order valence-corrected chi connectivity index (χ2v) is 8.75. The first-order valence-electron chi connectivity index (χ1n) is 8.83. The van der Waals surface area contributed by atoms with Crippen LogP contribution in [0.15, 0.2) is 58.1 Å². The maximum Gasteiger partial charge on any atom is 0.329 e. The van der Waals surface area contributed by atoms with Crippen molar-refractivity contribution >= 4 is 39.9 Å². The van der Waals surface area contributed by atoms with E-state index in [0.717, 1.165) is 34.8 Å². The molecule has 1 heterocycles. The number of carboxylic acids is 1. The lowest BCUT2D eigenvalue weighted by atomic mass is 9.78. The third-order valence-corrected chi connectivity index (χ3v) is 6.15. The van der Waals surface area contributed by atoms with E-state index in [4.69, 9.17) is 0 Å². The Morgan fingerprint density at radius 1 is 1.19 bits per heavy atom. The summed E-state index contributed by atoms with van der Waals surface area (Å²) in [7, 11) is 0. The summed E-state index contributed by atoms with van der Waals surface area (Å²) in [6.07, 6.45) is 1.75. The second-order valence-electron chi connectivity index (χ2n) is 7.72. The number of hydrogen-bond acceptors (Lipinski definition) is 4. The molecule has 134 valence electrons. The number of rotatable bonds is 3. The van der Waals surface area contributed by atoms with Gasteiger partial charge in [0.15, 0.2) is 6.04 Å². The molecule has 1 aliphatic carbocycles. The van der Waals surface area contributed by atoms with Crippen LogP contribution in [0.5, 0.6) is 0 Å². The SMILES string of the molecule is CC1(C)CC2=NC(C(=O)O)CSC2=C(Nc2cccc3ccccc23)C1. The number of fused-ring (bicyclic) bond motifs is 2. The molecule has 4 nitrogen and oxygen atoms in total. The smallest absolute Gasteiger partial charge is 0.329 e. The van der Waals surface area contributed by atoms with E-state index in [9.17, 15) is 9.90 Å². The maximum atomic E-state index is 11.4. The van der Waals surface area contributed by atoms with Crippen LogP contribution in [0.25, 0.3) is 10.8 Å². The quantitative estimate of drug-likeness (QED) is 0.809. The lowest BCUT2D eigenvalue weighted by Gasteiger charge is -2.36. The van der Waals surface area contributed by atoms with Crippen LogP contribution in [0.1, 0.15) is 26.7 Å². The van der Waals surface area contributed by atoms with Crippen molar-refractivity contribution in [2.45, 2.75) is 32.7 Å². The number of nitrogens with zero attached hydrogens (tertiary/aromatic N) is 1. The molecule has 0 radical (unpaired) electrons. The van der Waals surface area contributed by atoms with Crippen LogP contribution in [-0.4, -0.2) is 28.6 Å². The number of allylic oxidation sites excluding steroid dienone is 2. The van der Waals surface area contributed by atoms with Gasteiger partial charge in [-0.05, 0) is 29.7 Å². The molecular formula is C21H22N2O2S. The lowest BCUT2D eigenvalue weighted by Crippen LogP contribution is -2.34. The zero-order chi connectivity index (χ0) is 18.3. The van der Waals surface area contributed by atoms with Crippen LogP contribution < -0.4 is 5.32 Å². The minimum absolute atomic E-state index is 0.0518. The van der Waals surface area contributed by atoms with E-state index < -0.39 is 12.0 Å². The first-order valence-corrected chi connectivity index (χ1v) is 9.82. The number of thioether (sulfide) groups is 1. The highest BCUT2D eigenvalue weighted by Gasteiger charge is 2.36. The number of aliphatic carboxylic acids is 1. The van der Waals surface area contributed by atoms with Crippen LogP contribution in [0, 0.1) is 5.41 Å². The fourth-order valence-electron chi connectivity index (χ4n) is 3.72. The Labute approximate surface area is 157 Å². The molecule has 0 fully saturated rings. The normalized spacial score (nSPS) is 21.9. The van der Waals surface area contributed by atoms with E-state index in [0.29, 0.717) is 5.75 Å². The summed E-state index contributed by atoms with van der Waals surface area (Å²) in [6.45, 7) is 4.43. The van der Waals surface area contributed by atoms with Crippen molar-refractivity contribution in [3.05, 3.63) is 53.1 Å². The van der Waals surface area contributed by atoms with E-state index in [2.05, 4.69) is 60.6 Å². The van der Waals surface area contributed by atoms with Gasteiger partial charge in [0.2, 0.25) is 0 Å². The Bertz CT molecular complexity index is 941. The molecule has 1 aliphatic heterocycles. The van der Waals surface area contributed by atoms with E-state index >= 15 is 0 Å². The van der Waals surface area contributed by atoms with Crippen molar-refractivity contribution in [1.29, 1.82) is 0 Å². The number of hydrogen-bond donors (Lipinski definition) is 2. The first kappa shape index (κ1) is 17.2.